The van der Waals surface area contributed by atoms with Gasteiger partial charge in [0.1, 0.15) is 0 Å². The van der Waals surface area contributed by atoms with E-state index < -0.39 is 6.10 Å². The van der Waals surface area contributed by atoms with Gasteiger partial charge < -0.3 is 10.4 Å². The van der Waals surface area contributed by atoms with E-state index in [-0.39, 0.29) is 5.91 Å². The number of hydrogen-bond donors (Lipinski definition) is 2. The first-order chi connectivity index (χ1) is 8.22. The zero-order valence-electron chi connectivity index (χ0n) is 10.2. The molecule has 0 saturated heterocycles. The van der Waals surface area contributed by atoms with Crippen LogP contribution in [0.3, 0.4) is 0 Å². The average Bonchev–Trinajstić information content (AvgIpc) is 2.35. The number of carbonyl (C=O) groups is 1. The molecule has 94 valence electrons. The van der Waals surface area contributed by atoms with Gasteiger partial charge in [0.15, 0.2) is 0 Å². The van der Waals surface area contributed by atoms with Gasteiger partial charge in [-0.25, -0.2) is 0 Å². The SMILES string of the molecule is CCCC(O)CNC(=O)CCc1ccncc1. The van der Waals surface area contributed by atoms with Crippen LogP contribution in [0, 0.1) is 0 Å². The lowest BCUT2D eigenvalue weighted by Crippen LogP contribution is -2.32. The number of aromatic nitrogens is 1. The maximum absolute atomic E-state index is 11.5. The van der Waals surface area contributed by atoms with E-state index >= 15 is 0 Å². The lowest BCUT2D eigenvalue weighted by atomic mass is 10.1. The van der Waals surface area contributed by atoms with Crippen LogP contribution < -0.4 is 5.32 Å². The Hall–Kier alpha value is -1.42. The van der Waals surface area contributed by atoms with Gasteiger partial charge in [0.25, 0.3) is 0 Å². The highest BCUT2D eigenvalue weighted by atomic mass is 16.3. The molecule has 2 N–H and O–H groups in total. The topological polar surface area (TPSA) is 62.2 Å². The van der Waals surface area contributed by atoms with Crippen molar-refractivity contribution < 1.29 is 9.90 Å². The molecule has 17 heavy (non-hydrogen) atoms. The highest BCUT2D eigenvalue weighted by Crippen LogP contribution is 2.01. The Morgan fingerprint density at radius 1 is 1.47 bits per heavy atom. The molecular formula is C13H20N2O2. The monoisotopic (exact) mass is 236 g/mol. The van der Waals surface area contributed by atoms with E-state index in [2.05, 4.69) is 10.3 Å². The minimum Gasteiger partial charge on any atom is -0.391 e. The fourth-order valence-corrected chi connectivity index (χ4v) is 1.56. The van der Waals surface area contributed by atoms with Crippen molar-refractivity contribution in [2.24, 2.45) is 0 Å². The normalized spacial score (nSPS) is 12.1. The van der Waals surface area contributed by atoms with E-state index in [1.165, 1.54) is 0 Å². The van der Waals surface area contributed by atoms with Crippen molar-refractivity contribution in [3.8, 4) is 0 Å². The zero-order chi connectivity index (χ0) is 12.5. The van der Waals surface area contributed by atoms with Crippen molar-refractivity contribution in [3.05, 3.63) is 30.1 Å². The highest BCUT2D eigenvalue weighted by molar-refractivity contribution is 5.76. The van der Waals surface area contributed by atoms with Gasteiger partial charge in [-0.05, 0) is 30.5 Å². The number of pyridine rings is 1. The van der Waals surface area contributed by atoms with Crippen LogP contribution in [0.2, 0.25) is 0 Å². The number of rotatable bonds is 7. The van der Waals surface area contributed by atoms with E-state index in [0.29, 0.717) is 19.4 Å². The molecule has 0 aliphatic carbocycles. The molecular weight excluding hydrogens is 216 g/mol. The van der Waals surface area contributed by atoms with Crippen molar-refractivity contribution in [3.63, 3.8) is 0 Å². The van der Waals surface area contributed by atoms with E-state index in [1.807, 2.05) is 19.1 Å². The summed E-state index contributed by atoms with van der Waals surface area (Å²) in [5, 5.41) is 12.2. The first kappa shape index (κ1) is 13.6. The molecule has 0 aromatic carbocycles. The smallest absolute Gasteiger partial charge is 0.220 e. The maximum Gasteiger partial charge on any atom is 0.220 e. The highest BCUT2D eigenvalue weighted by Gasteiger charge is 2.06. The Kier molecular flexibility index (Phi) is 6.25. The van der Waals surface area contributed by atoms with Crippen LogP contribution in [0.1, 0.15) is 31.7 Å². The Morgan fingerprint density at radius 3 is 2.82 bits per heavy atom. The second kappa shape index (κ2) is 7.79. The Balaban J connectivity index is 2.17. The van der Waals surface area contributed by atoms with Crippen LogP contribution in [0.5, 0.6) is 0 Å². The van der Waals surface area contributed by atoms with Crippen molar-refractivity contribution >= 4 is 5.91 Å². The van der Waals surface area contributed by atoms with Gasteiger partial charge in [-0.3, -0.25) is 9.78 Å². The molecule has 0 aliphatic rings. The van der Waals surface area contributed by atoms with Gasteiger partial charge >= 0.3 is 0 Å². The molecule has 1 unspecified atom stereocenters. The molecule has 1 aromatic rings. The van der Waals surface area contributed by atoms with Crippen molar-refractivity contribution in [1.82, 2.24) is 10.3 Å². The summed E-state index contributed by atoms with van der Waals surface area (Å²) < 4.78 is 0. The quantitative estimate of drug-likeness (QED) is 0.750. The molecule has 0 bridgehead atoms. The van der Waals surface area contributed by atoms with Crippen LogP contribution >= 0.6 is 0 Å². The number of carbonyl (C=O) groups excluding carboxylic acids is 1. The van der Waals surface area contributed by atoms with E-state index in [1.54, 1.807) is 12.4 Å². The van der Waals surface area contributed by atoms with E-state index in [9.17, 15) is 9.90 Å². The summed E-state index contributed by atoms with van der Waals surface area (Å²) in [6.45, 7) is 2.36. The number of aliphatic hydroxyl groups excluding tert-OH is 1. The van der Waals surface area contributed by atoms with Crippen LogP contribution in [-0.4, -0.2) is 28.6 Å². The minimum absolute atomic E-state index is 0.0167. The van der Waals surface area contributed by atoms with Crippen LogP contribution in [0.4, 0.5) is 0 Å². The lowest BCUT2D eigenvalue weighted by Gasteiger charge is -2.10. The lowest BCUT2D eigenvalue weighted by molar-refractivity contribution is -0.121. The second-order valence-corrected chi connectivity index (χ2v) is 4.10. The van der Waals surface area contributed by atoms with Gasteiger partial charge in [0.05, 0.1) is 6.10 Å². The number of nitrogens with one attached hydrogen (secondary N) is 1. The van der Waals surface area contributed by atoms with Gasteiger partial charge in [0, 0.05) is 25.4 Å². The third kappa shape index (κ3) is 6.02. The van der Waals surface area contributed by atoms with Gasteiger partial charge in [-0.15, -0.1) is 0 Å². The first-order valence-corrected chi connectivity index (χ1v) is 6.06. The molecule has 0 radical (unpaired) electrons. The molecule has 1 heterocycles. The average molecular weight is 236 g/mol. The Labute approximate surface area is 102 Å². The molecule has 1 atom stereocenters. The van der Waals surface area contributed by atoms with Crippen LogP contribution in [0.25, 0.3) is 0 Å². The van der Waals surface area contributed by atoms with Gasteiger partial charge in [-0.2, -0.15) is 0 Å². The third-order valence-corrected chi connectivity index (χ3v) is 2.55. The third-order valence-electron chi connectivity index (χ3n) is 2.55. The number of aryl methyl sites for hydroxylation is 1. The van der Waals surface area contributed by atoms with E-state index in [4.69, 9.17) is 0 Å². The second-order valence-electron chi connectivity index (χ2n) is 4.10. The molecule has 1 amide bonds. The Bertz CT molecular complexity index is 327. The minimum atomic E-state index is -0.426. The summed E-state index contributed by atoms with van der Waals surface area (Å²) in [5.41, 5.74) is 1.10. The number of hydrogen-bond acceptors (Lipinski definition) is 3. The number of aliphatic hydroxyl groups is 1. The molecule has 0 aliphatic heterocycles. The summed E-state index contributed by atoms with van der Waals surface area (Å²) in [7, 11) is 0. The predicted molar refractivity (Wildman–Crippen MR) is 66.5 cm³/mol. The van der Waals surface area contributed by atoms with Gasteiger partial charge in [0.2, 0.25) is 5.91 Å². The molecule has 0 saturated carbocycles. The fourth-order valence-electron chi connectivity index (χ4n) is 1.56. The molecule has 1 rings (SSSR count). The molecule has 0 spiro atoms. The largest absolute Gasteiger partial charge is 0.391 e. The summed E-state index contributed by atoms with van der Waals surface area (Å²) >= 11 is 0. The predicted octanol–water partition coefficient (Wildman–Crippen LogP) is 1.29. The fraction of sp³-hybridized carbons (Fsp3) is 0.538. The van der Waals surface area contributed by atoms with Gasteiger partial charge in [-0.1, -0.05) is 13.3 Å². The molecule has 4 heteroatoms. The standard InChI is InChI=1S/C13H20N2O2/c1-2-3-12(16)10-15-13(17)5-4-11-6-8-14-9-7-11/h6-9,12,16H,2-5,10H2,1H3,(H,15,17). The summed E-state index contributed by atoms with van der Waals surface area (Å²) in [6.07, 6.45) is 5.82. The summed E-state index contributed by atoms with van der Waals surface area (Å²) in [4.78, 5) is 15.4. The zero-order valence-corrected chi connectivity index (χ0v) is 10.2. The molecule has 0 fully saturated rings. The summed E-state index contributed by atoms with van der Waals surface area (Å²) in [5.74, 6) is -0.0167. The van der Waals surface area contributed by atoms with E-state index in [0.717, 1.165) is 18.4 Å². The van der Waals surface area contributed by atoms with Crippen molar-refractivity contribution in [2.75, 3.05) is 6.54 Å². The maximum atomic E-state index is 11.5. The Morgan fingerprint density at radius 2 is 2.18 bits per heavy atom. The summed E-state index contributed by atoms with van der Waals surface area (Å²) in [6, 6.07) is 3.80. The number of nitrogens with zero attached hydrogens (tertiary/aromatic N) is 1. The van der Waals surface area contributed by atoms with Crippen molar-refractivity contribution in [2.45, 2.75) is 38.7 Å². The molecule has 4 nitrogen and oxygen atoms in total. The molecule has 1 aromatic heterocycles. The van der Waals surface area contributed by atoms with Crippen molar-refractivity contribution in [1.29, 1.82) is 0 Å². The first-order valence-electron chi connectivity index (χ1n) is 6.06. The van der Waals surface area contributed by atoms with Crippen LogP contribution in [0.15, 0.2) is 24.5 Å². The number of amides is 1. The van der Waals surface area contributed by atoms with Crippen LogP contribution in [-0.2, 0) is 11.2 Å².